The van der Waals surface area contributed by atoms with Crippen molar-refractivity contribution in [3.8, 4) is 0 Å². The molecule has 0 heteroatoms. The molecule has 0 saturated heterocycles. The lowest BCUT2D eigenvalue weighted by Gasteiger charge is -1.77. The molecule has 0 bridgehead atoms. The van der Waals surface area contributed by atoms with Gasteiger partial charge in [0.05, 0.1) is 0 Å². The highest BCUT2D eigenvalue weighted by Crippen LogP contribution is 2.08. The molecular formula is C8H8. The van der Waals surface area contributed by atoms with Gasteiger partial charge < -0.3 is 0 Å². The molecule has 0 fully saturated rings. The second kappa shape index (κ2) is 2.34. The molecule has 0 aromatic carbocycles. The van der Waals surface area contributed by atoms with Crippen molar-refractivity contribution in [3.63, 3.8) is 0 Å². The van der Waals surface area contributed by atoms with Gasteiger partial charge in [-0.3, -0.25) is 0 Å². The predicted molar refractivity (Wildman–Crippen MR) is 35.5 cm³/mol. The van der Waals surface area contributed by atoms with E-state index in [-0.39, 0.29) is 0 Å². The van der Waals surface area contributed by atoms with E-state index in [0.717, 1.165) is 6.42 Å². The van der Waals surface area contributed by atoms with E-state index < -0.39 is 0 Å². The molecule has 40 valence electrons. The zero-order valence-electron chi connectivity index (χ0n) is 4.72. The van der Waals surface area contributed by atoms with Crippen LogP contribution in [-0.4, -0.2) is 0 Å². The molecule has 1 aliphatic rings. The highest BCUT2D eigenvalue weighted by Gasteiger charge is 1.88. The summed E-state index contributed by atoms with van der Waals surface area (Å²) in [5.41, 5.74) is 3.94. The van der Waals surface area contributed by atoms with Crippen molar-refractivity contribution in [1.82, 2.24) is 0 Å². The lowest BCUT2D eigenvalue weighted by molar-refractivity contribution is 1.44. The molecule has 8 heavy (non-hydrogen) atoms. The topological polar surface area (TPSA) is 0 Å². The minimum Gasteiger partial charge on any atom is -0.128 e. The molecule has 0 spiro atoms. The van der Waals surface area contributed by atoms with Gasteiger partial charge in [-0.25, -0.2) is 0 Å². The predicted octanol–water partition coefficient (Wildman–Crippen LogP) is 2.21. The van der Waals surface area contributed by atoms with Crippen LogP contribution < -0.4 is 0 Å². The molecule has 0 aromatic heterocycles. The van der Waals surface area contributed by atoms with Crippen LogP contribution >= 0.6 is 0 Å². The summed E-state index contributed by atoms with van der Waals surface area (Å²) in [5, 5.41) is 0. The Kier molecular flexibility index (Phi) is 1.51. The summed E-state index contributed by atoms with van der Waals surface area (Å²) in [6.07, 6.45) is 9.26. The number of hydrogen-bond acceptors (Lipinski definition) is 0. The van der Waals surface area contributed by atoms with E-state index in [1.165, 1.54) is 5.57 Å². The van der Waals surface area contributed by atoms with Crippen molar-refractivity contribution in [2.75, 3.05) is 0 Å². The van der Waals surface area contributed by atoms with Gasteiger partial charge in [0.2, 0.25) is 0 Å². The highest BCUT2D eigenvalue weighted by molar-refractivity contribution is 5.34. The van der Waals surface area contributed by atoms with Crippen molar-refractivity contribution < 1.29 is 0 Å². The second-order valence-corrected chi connectivity index (χ2v) is 1.69. The van der Waals surface area contributed by atoms with Gasteiger partial charge in [-0.15, -0.1) is 5.73 Å². The minimum atomic E-state index is 1.06. The fraction of sp³-hybridized carbons (Fsp3) is 0.125. The summed E-state index contributed by atoms with van der Waals surface area (Å²) in [6, 6.07) is 0. The van der Waals surface area contributed by atoms with Gasteiger partial charge in [-0.1, -0.05) is 24.8 Å². The van der Waals surface area contributed by atoms with Gasteiger partial charge >= 0.3 is 0 Å². The Morgan fingerprint density at radius 3 is 3.12 bits per heavy atom. The fourth-order valence-corrected chi connectivity index (χ4v) is 0.701. The Bertz CT molecular complexity index is 176. The standard InChI is InChI=1S/C8H8/c1-2-5-8-6-3-4-7-8/h3,5-7H,1,4H2. The Morgan fingerprint density at radius 2 is 2.62 bits per heavy atom. The van der Waals surface area contributed by atoms with Gasteiger partial charge in [-0.2, -0.15) is 0 Å². The normalized spacial score (nSPS) is 15.2. The lowest BCUT2D eigenvalue weighted by Crippen LogP contribution is -1.58. The number of rotatable bonds is 1. The molecule has 0 amide bonds. The zero-order valence-corrected chi connectivity index (χ0v) is 4.72. The van der Waals surface area contributed by atoms with Crippen molar-refractivity contribution in [3.05, 3.63) is 42.2 Å². The summed E-state index contributed by atoms with van der Waals surface area (Å²) >= 11 is 0. The van der Waals surface area contributed by atoms with Crippen LogP contribution in [0.1, 0.15) is 6.42 Å². The van der Waals surface area contributed by atoms with Crippen molar-refractivity contribution in [1.29, 1.82) is 0 Å². The van der Waals surface area contributed by atoms with E-state index >= 15 is 0 Å². The van der Waals surface area contributed by atoms with E-state index in [1.54, 1.807) is 0 Å². The van der Waals surface area contributed by atoms with Gasteiger partial charge in [0.25, 0.3) is 0 Å². The van der Waals surface area contributed by atoms with Crippen molar-refractivity contribution in [2.45, 2.75) is 6.42 Å². The van der Waals surface area contributed by atoms with Crippen molar-refractivity contribution in [2.24, 2.45) is 0 Å². The first-order chi connectivity index (χ1) is 3.93. The molecule has 0 atom stereocenters. The van der Waals surface area contributed by atoms with E-state index in [4.69, 9.17) is 0 Å². The van der Waals surface area contributed by atoms with Gasteiger partial charge in [0.1, 0.15) is 0 Å². The monoisotopic (exact) mass is 104 g/mol. The zero-order chi connectivity index (χ0) is 5.82. The molecule has 0 unspecified atom stereocenters. The average Bonchev–Trinajstić information content (AvgIpc) is 2.19. The van der Waals surface area contributed by atoms with Crippen LogP contribution in [0, 0.1) is 0 Å². The molecule has 0 aliphatic heterocycles. The van der Waals surface area contributed by atoms with Gasteiger partial charge in [0, 0.05) is 0 Å². The highest BCUT2D eigenvalue weighted by atomic mass is 13.9. The van der Waals surface area contributed by atoms with Crippen LogP contribution in [-0.2, 0) is 0 Å². The van der Waals surface area contributed by atoms with E-state index in [2.05, 4.69) is 30.5 Å². The van der Waals surface area contributed by atoms with Crippen LogP contribution in [0.15, 0.2) is 42.2 Å². The van der Waals surface area contributed by atoms with E-state index in [1.807, 2.05) is 6.08 Å². The van der Waals surface area contributed by atoms with Gasteiger partial charge in [0.15, 0.2) is 0 Å². The Morgan fingerprint density at radius 1 is 1.75 bits per heavy atom. The second-order valence-electron chi connectivity index (χ2n) is 1.69. The Balaban J connectivity index is 2.72. The lowest BCUT2D eigenvalue weighted by atomic mass is 10.3. The summed E-state index contributed by atoms with van der Waals surface area (Å²) in [4.78, 5) is 0. The largest absolute Gasteiger partial charge is 0.128 e. The summed E-state index contributed by atoms with van der Waals surface area (Å²) in [5.74, 6) is 0. The first kappa shape index (κ1) is 5.14. The average molecular weight is 104 g/mol. The number of allylic oxidation sites excluding steroid dienone is 5. The molecule has 1 rings (SSSR count). The van der Waals surface area contributed by atoms with Crippen LogP contribution in [0.2, 0.25) is 0 Å². The van der Waals surface area contributed by atoms with E-state index in [0.29, 0.717) is 0 Å². The summed E-state index contributed by atoms with van der Waals surface area (Å²) in [7, 11) is 0. The van der Waals surface area contributed by atoms with Crippen LogP contribution in [0.3, 0.4) is 0 Å². The smallest absolute Gasteiger partial charge is 0.0137 e. The maximum absolute atomic E-state index is 3.47. The van der Waals surface area contributed by atoms with E-state index in [9.17, 15) is 0 Å². The first-order valence-corrected chi connectivity index (χ1v) is 2.66. The quantitative estimate of drug-likeness (QED) is 0.447. The molecule has 0 nitrogen and oxygen atoms in total. The minimum absolute atomic E-state index is 1.06. The third-order valence-corrected chi connectivity index (χ3v) is 1.07. The van der Waals surface area contributed by atoms with Crippen molar-refractivity contribution >= 4 is 0 Å². The molecule has 0 heterocycles. The first-order valence-electron chi connectivity index (χ1n) is 2.66. The van der Waals surface area contributed by atoms with Crippen LogP contribution in [0.5, 0.6) is 0 Å². The fourth-order valence-electron chi connectivity index (χ4n) is 0.701. The molecule has 0 N–H and O–H groups in total. The third-order valence-electron chi connectivity index (χ3n) is 1.07. The maximum atomic E-state index is 3.47. The maximum Gasteiger partial charge on any atom is -0.0137 e. The van der Waals surface area contributed by atoms with Crippen LogP contribution in [0.25, 0.3) is 0 Å². The summed E-state index contributed by atoms with van der Waals surface area (Å²) < 4.78 is 0. The van der Waals surface area contributed by atoms with Gasteiger partial charge in [-0.05, 0) is 18.1 Å². The molecular weight excluding hydrogens is 96.1 g/mol. The third kappa shape index (κ3) is 0.988. The number of hydrogen-bond donors (Lipinski definition) is 0. The SMILES string of the molecule is C=C=CC1=CCC=C1. The van der Waals surface area contributed by atoms with Crippen LogP contribution in [0.4, 0.5) is 0 Å². The molecule has 0 aromatic rings. The molecule has 0 radical (unpaired) electrons. The Hall–Kier alpha value is -1.00. The molecule has 1 aliphatic carbocycles. The Labute approximate surface area is 49.5 Å². The summed E-state index contributed by atoms with van der Waals surface area (Å²) in [6.45, 7) is 3.47. The molecule has 0 saturated carbocycles.